The van der Waals surface area contributed by atoms with E-state index in [4.69, 9.17) is 0 Å². The summed E-state index contributed by atoms with van der Waals surface area (Å²) in [6.45, 7) is 0. The molecule has 0 bridgehead atoms. The van der Waals surface area contributed by atoms with Gasteiger partial charge < -0.3 is 10.1 Å². The normalized spacial score (nSPS) is 17.9. The lowest BCUT2D eigenvalue weighted by Gasteiger charge is -2.24. The van der Waals surface area contributed by atoms with Gasteiger partial charge in [0.05, 0.1) is 11.3 Å². The molecular weight excluding hydrogens is 416 g/mol. The first-order valence-electron chi connectivity index (χ1n) is 9.71. The maximum atomic E-state index is 14.0. The summed E-state index contributed by atoms with van der Waals surface area (Å²) in [5, 5.41) is 11.8. The van der Waals surface area contributed by atoms with Gasteiger partial charge in [-0.15, -0.1) is 0 Å². The van der Waals surface area contributed by atoms with Crippen LogP contribution in [0.15, 0.2) is 78.6 Å². The fourth-order valence-corrected chi connectivity index (χ4v) is 3.96. The number of nitrogens with one attached hydrogen (secondary N) is 1. The van der Waals surface area contributed by atoms with E-state index in [0.717, 1.165) is 22.5 Å². The van der Waals surface area contributed by atoms with Crippen molar-refractivity contribution in [1.82, 2.24) is 9.97 Å². The zero-order valence-electron chi connectivity index (χ0n) is 16.4. The molecule has 2 aromatic carbocycles. The summed E-state index contributed by atoms with van der Waals surface area (Å²) in [6.07, 6.45) is 3.02. The molecule has 1 aliphatic rings. The molecule has 1 amide bonds. The number of anilines is 1. The number of aromatic amines is 1. The molecule has 1 fully saturated rings. The van der Waals surface area contributed by atoms with Gasteiger partial charge in [-0.05, 0) is 30.3 Å². The summed E-state index contributed by atoms with van der Waals surface area (Å²) in [6, 6.07) is 13.9. The van der Waals surface area contributed by atoms with Gasteiger partial charge in [-0.25, -0.2) is 8.78 Å². The van der Waals surface area contributed by atoms with Crippen LogP contribution in [0.2, 0.25) is 0 Å². The number of rotatable bonds is 3. The van der Waals surface area contributed by atoms with E-state index in [1.54, 1.807) is 36.5 Å². The maximum Gasteiger partial charge on any atom is 0.300 e. The number of aliphatic hydroxyl groups is 1. The number of benzene rings is 2. The summed E-state index contributed by atoms with van der Waals surface area (Å²) < 4.78 is 27.5. The molecule has 4 aromatic rings. The fourth-order valence-electron chi connectivity index (χ4n) is 3.96. The number of aliphatic hydroxyl groups excluding tert-OH is 1. The number of hydrogen-bond acceptors (Lipinski definition) is 4. The summed E-state index contributed by atoms with van der Waals surface area (Å²) in [4.78, 5) is 34.4. The number of para-hydroxylation sites is 1. The second kappa shape index (κ2) is 7.42. The van der Waals surface area contributed by atoms with Crippen molar-refractivity contribution < 1.29 is 23.5 Å². The Morgan fingerprint density at radius 1 is 1.00 bits per heavy atom. The largest absolute Gasteiger partial charge is 0.507 e. The average molecular weight is 431 g/mol. The molecular formula is C24H15F2N3O3. The minimum absolute atomic E-state index is 0.0281. The highest BCUT2D eigenvalue weighted by atomic mass is 19.2. The highest BCUT2D eigenvalue weighted by Gasteiger charge is 2.48. The zero-order chi connectivity index (χ0) is 22.4. The lowest BCUT2D eigenvalue weighted by Crippen LogP contribution is -2.30. The first-order chi connectivity index (χ1) is 15.5. The molecule has 0 radical (unpaired) electrons. The van der Waals surface area contributed by atoms with Crippen LogP contribution in [-0.2, 0) is 9.59 Å². The lowest BCUT2D eigenvalue weighted by atomic mass is 9.98. The number of H-pyrrole nitrogens is 1. The molecule has 0 spiro atoms. The van der Waals surface area contributed by atoms with Crippen molar-refractivity contribution in [3.63, 3.8) is 0 Å². The number of Topliss-reactive ketones (excluding diaryl/α,β-unsaturated/α-hetero) is 1. The first-order valence-corrected chi connectivity index (χ1v) is 9.71. The molecule has 2 aromatic heterocycles. The zero-order valence-corrected chi connectivity index (χ0v) is 16.4. The molecule has 158 valence electrons. The molecule has 32 heavy (non-hydrogen) atoms. The van der Waals surface area contributed by atoms with Crippen LogP contribution in [0.4, 0.5) is 14.5 Å². The van der Waals surface area contributed by atoms with E-state index >= 15 is 0 Å². The number of carbonyl (C=O) groups is 2. The minimum atomic E-state index is -1.17. The minimum Gasteiger partial charge on any atom is -0.507 e. The Bertz CT molecular complexity index is 1410. The van der Waals surface area contributed by atoms with Gasteiger partial charge in [0.2, 0.25) is 0 Å². The van der Waals surface area contributed by atoms with Crippen molar-refractivity contribution in [2.24, 2.45) is 0 Å². The fraction of sp³-hybridized carbons (Fsp3) is 0.0417. The first kappa shape index (κ1) is 19.6. The summed E-state index contributed by atoms with van der Waals surface area (Å²) in [7, 11) is 0. The van der Waals surface area contributed by atoms with Gasteiger partial charge in [-0.1, -0.05) is 24.3 Å². The van der Waals surface area contributed by atoms with Gasteiger partial charge in [0, 0.05) is 40.6 Å². The van der Waals surface area contributed by atoms with Crippen LogP contribution in [0.25, 0.3) is 16.7 Å². The Balaban J connectivity index is 1.76. The van der Waals surface area contributed by atoms with Gasteiger partial charge in [0.1, 0.15) is 11.8 Å². The third-order valence-corrected chi connectivity index (χ3v) is 5.44. The molecule has 8 heteroatoms. The van der Waals surface area contributed by atoms with E-state index in [1.807, 2.05) is 12.1 Å². The Hall–Kier alpha value is -4.33. The molecule has 1 atom stereocenters. The van der Waals surface area contributed by atoms with Crippen LogP contribution in [0.5, 0.6) is 0 Å². The van der Waals surface area contributed by atoms with Crippen molar-refractivity contribution in [3.05, 3.63) is 102 Å². The van der Waals surface area contributed by atoms with E-state index in [0.29, 0.717) is 10.9 Å². The van der Waals surface area contributed by atoms with Crippen molar-refractivity contribution in [2.45, 2.75) is 6.04 Å². The Kier molecular flexibility index (Phi) is 4.55. The SMILES string of the molecule is O=C1C(=O)N(c2ccc(F)c(F)c2)C(c2ccccn2)/C1=C(/O)c1c[nH]c2ccccc12. The predicted octanol–water partition coefficient (Wildman–Crippen LogP) is 4.47. The van der Waals surface area contributed by atoms with Gasteiger partial charge in [0.15, 0.2) is 11.6 Å². The molecule has 6 nitrogen and oxygen atoms in total. The van der Waals surface area contributed by atoms with Crippen molar-refractivity contribution >= 4 is 34.0 Å². The Morgan fingerprint density at radius 3 is 2.53 bits per heavy atom. The van der Waals surface area contributed by atoms with Crippen LogP contribution in [-0.4, -0.2) is 26.8 Å². The topological polar surface area (TPSA) is 86.3 Å². The quantitative estimate of drug-likeness (QED) is 0.285. The van der Waals surface area contributed by atoms with Gasteiger partial charge >= 0.3 is 0 Å². The van der Waals surface area contributed by atoms with Crippen LogP contribution in [0, 0.1) is 11.6 Å². The number of amides is 1. The van der Waals surface area contributed by atoms with E-state index in [-0.39, 0.29) is 22.7 Å². The van der Waals surface area contributed by atoms with Crippen molar-refractivity contribution in [3.8, 4) is 0 Å². The molecule has 1 aliphatic heterocycles. The number of carbonyl (C=O) groups excluding carboxylic acids is 2. The number of ketones is 1. The smallest absolute Gasteiger partial charge is 0.300 e. The second-order valence-electron chi connectivity index (χ2n) is 7.27. The van der Waals surface area contributed by atoms with E-state index in [1.165, 1.54) is 12.3 Å². The number of aromatic nitrogens is 2. The Morgan fingerprint density at radius 2 is 1.78 bits per heavy atom. The van der Waals surface area contributed by atoms with Crippen LogP contribution < -0.4 is 4.90 Å². The van der Waals surface area contributed by atoms with Gasteiger partial charge in [-0.3, -0.25) is 19.5 Å². The van der Waals surface area contributed by atoms with E-state index < -0.39 is 29.4 Å². The number of hydrogen-bond donors (Lipinski definition) is 2. The average Bonchev–Trinajstić information content (AvgIpc) is 3.35. The molecule has 0 aliphatic carbocycles. The number of halogens is 2. The van der Waals surface area contributed by atoms with E-state index in [9.17, 15) is 23.5 Å². The molecule has 1 saturated heterocycles. The summed E-state index contributed by atoms with van der Waals surface area (Å²) in [5.74, 6) is -4.57. The molecule has 1 unspecified atom stereocenters. The van der Waals surface area contributed by atoms with Crippen LogP contribution >= 0.6 is 0 Å². The number of nitrogens with zero attached hydrogens (tertiary/aromatic N) is 2. The highest BCUT2D eigenvalue weighted by Crippen LogP contribution is 2.42. The molecule has 2 N–H and O–H groups in total. The highest BCUT2D eigenvalue weighted by molar-refractivity contribution is 6.51. The molecule has 5 rings (SSSR count). The summed E-state index contributed by atoms with van der Waals surface area (Å²) >= 11 is 0. The van der Waals surface area contributed by atoms with Gasteiger partial charge in [-0.2, -0.15) is 0 Å². The van der Waals surface area contributed by atoms with E-state index in [2.05, 4.69) is 9.97 Å². The van der Waals surface area contributed by atoms with Crippen LogP contribution in [0.3, 0.4) is 0 Å². The standard InChI is InChI=1S/C24H15F2N3O3/c25-16-9-8-13(11-17(16)26)29-21(19-7-3-4-10-27-19)20(23(31)24(29)32)22(30)15-12-28-18-6-2-1-5-14(15)18/h1-12,21,28,30H/b22-20-. The summed E-state index contributed by atoms with van der Waals surface area (Å²) in [5.41, 5.74) is 1.14. The molecule has 3 heterocycles. The predicted molar refractivity (Wildman–Crippen MR) is 114 cm³/mol. The number of fused-ring (bicyclic) bond motifs is 1. The van der Waals surface area contributed by atoms with Crippen molar-refractivity contribution in [1.29, 1.82) is 0 Å². The van der Waals surface area contributed by atoms with Crippen molar-refractivity contribution in [2.75, 3.05) is 4.90 Å². The monoisotopic (exact) mass is 431 g/mol. The third-order valence-electron chi connectivity index (χ3n) is 5.44. The third kappa shape index (κ3) is 2.96. The second-order valence-corrected chi connectivity index (χ2v) is 7.27. The number of pyridine rings is 1. The van der Waals surface area contributed by atoms with Gasteiger partial charge in [0.25, 0.3) is 11.7 Å². The maximum absolute atomic E-state index is 14.0. The lowest BCUT2D eigenvalue weighted by molar-refractivity contribution is -0.132. The van der Waals surface area contributed by atoms with Crippen LogP contribution in [0.1, 0.15) is 17.3 Å². The molecule has 0 saturated carbocycles. The Labute approximate surface area is 180 Å².